The van der Waals surface area contributed by atoms with Crippen molar-refractivity contribution in [1.29, 1.82) is 0 Å². The third kappa shape index (κ3) is 4.00. The van der Waals surface area contributed by atoms with Crippen LogP contribution in [0.15, 0.2) is 12.3 Å². The average molecular weight is 252 g/mol. The van der Waals surface area contributed by atoms with Crippen molar-refractivity contribution in [3.05, 3.63) is 23.5 Å². The van der Waals surface area contributed by atoms with E-state index in [1.807, 2.05) is 0 Å². The lowest BCUT2D eigenvalue weighted by atomic mass is 10.2. The molecular weight excluding hydrogens is 232 g/mol. The van der Waals surface area contributed by atoms with Gasteiger partial charge in [-0.2, -0.15) is 0 Å². The smallest absolute Gasteiger partial charge is 0.267 e. The molecule has 1 unspecified atom stereocenters. The minimum Gasteiger partial charge on any atom is -0.393 e. The van der Waals surface area contributed by atoms with E-state index in [1.165, 1.54) is 6.92 Å². The van der Waals surface area contributed by atoms with E-state index in [-0.39, 0.29) is 17.8 Å². The first kappa shape index (κ1) is 14.4. The molecule has 100 valence electrons. The molecule has 1 atom stereocenters. The molecule has 0 spiro atoms. The lowest BCUT2D eigenvalue weighted by Gasteiger charge is -2.06. The van der Waals surface area contributed by atoms with Gasteiger partial charge in [0.05, 0.1) is 6.10 Å². The third-order valence-electron chi connectivity index (χ3n) is 2.73. The van der Waals surface area contributed by atoms with Crippen LogP contribution in [-0.4, -0.2) is 34.0 Å². The second kappa shape index (κ2) is 6.35. The Kier molecular flexibility index (Phi) is 5.09. The van der Waals surface area contributed by atoms with Crippen molar-refractivity contribution in [2.24, 2.45) is 7.05 Å². The maximum atomic E-state index is 11.8. The van der Waals surface area contributed by atoms with Gasteiger partial charge in [-0.15, -0.1) is 0 Å². The summed E-state index contributed by atoms with van der Waals surface area (Å²) in [6.07, 6.45) is 2.69. The summed E-state index contributed by atoms with van der Waals surface area (Å²) in [4.78, 5) is 23.0. The maximum Gasteiger partial charge on any atom is 0.267 e. The van der Waals surface area contributed by atoms with Crippen molar-refractivity contribution >= 4 is 11.7 Å². The molecule has 0 bridgehead atoms. The predicted molar refractivity (Wildman–Crippen MR) is 68.7 cm³/mol. The first-order chi connectivity index (χ1) is 8.41. The molecule has 1 rings (SSSR count). The van der Waals surface area contributed by atoms with E-state index in [0.29, 0.717) is 24.2 Å². The van der Waals surface area contributed by atoms with Crippen molar-refractivity contribution in [3.63, 3.8) is 0 Å². The third-order valence-corrected chi connectivity index (χ3v) is 2.73. The van der Waals surface area contributed by atoms with E-state index >= 15 is 0 Å². The number of aliphatic hydroxyl groups excluding tert-OH is 1. The molecule has 1 aromatic rings. The summed E-state index contributed by atoms with van der Waals surface area (Å²) in [7, 11) is 1.73. The van der Waals surface area contributed by atoms with Crippen LogP contribution in [0.25, 0.3) is 0 Å². The van der Waals surface area contributed by atoms with Crippen molar-refractivity contribution in [1.82, 2.24) is 9.88 Å². The normalized spacial score (nSPS) is 12.2. The molecule has 0 aliphatic carbocycles. The summed E-state index contributed by atoms with van der Waals surface area (Å²) in [5.41, 5.74) is 1.00. The van der Waals surface area contributed by atoms with Gasteiger partial charge in [-0.05, 0) is 32.8 Å². The fraction of sp³-hybridized carbons (Fsp3) is 0.538. The summed E-state index contributed by atoms with van der Waals surface area (Å²) in [6.45, 7) is 3.71. The second-order valence-corrected chi connectivity index (χ2v) is 4.53. The zero-order valence-electron chi connectivity index (χ0n) is 11.1. The molecular formula is C13H20N2O3. The van der Waals surface area contributed by atoms with E-state index in [2.05, 4.69) is 5.32 Å². The largest absolute Gasteiger partial charge is 0.393 e. The van der Waals surface area contributed by atoms with Crippen LogP contribution in [0.5, 0.6) is 0 Å². The second-order valence-electron chi connectivity index (χ2n) is 4.53. The van der Waals surface area contributed by atoms with Gasteiger partial charge in [0.1, 0.15) is 5.69 Å². The number of aliphatic hydroxyl groups is 1. The number of amides is 1. The molecule has 0 aliphatic heterocycles. The predicted octanol–water partition coefficient (Wildman–Crippen LogP) is 1.12. The average Bonchev–Trinajstić information content (AvgIpc) is 2.66. The molecule has 0 aliphatic rings. The van der Waals surface area contributed by atoms with Crippen molar-refractivity contribution in [3.8, 4) is 0 Å². The monoisotopic (exact) mass is 252 g/mol. The topological polar surface area (TPSA) is 71.3 Å². The number of nitrogens with one attached hydrogen (secondary N) is 1. The number of aromatic nitrogens is 1. The fourth-order valence-corrected chi connectivity index (χ4v) is 1.67. The summed E-state index contributed by atoms with van der Waals surface area (Å²) < 4.78 is 1.64. The highest BCUT2D eigenvalue weighted by Crippen LogP contribution is 2.08. The van der Waals surface area contributed by atoms with Crippen LogP contribution in [0, 0.1) is 0 Å². The number of carbonyl (C=O) groups excluding carboxylic acids is 2. The van der Waals surface area contributed by atoms with Crippen molar-refractivity contribution in [2.75, 3.05) is 6.54 Å². The first-order valence-corrected chi connectivity index (χ1v) is 6.05. The highest BCUT2D eigenvalue weighted by Gasteiger charge is 2.13. The molecule has 0 fully saturated rings. The van der Waals surface area contributed by atoms with E-state index in [0.717, 1.165) is 6.42 Å². The molecule has 0 saturated carbocycles. The summed E-state index contributed by atoms with van der Waals surface area (Å²) >= 11 is 0. The van der Waals surface area contributed by atoms with Crippen LogP contribution in [0.4, 0.5) is 0 Å². The van der Waals surface area contributed by atoms with Gasteiger partial charge in [0, 0.05) is 25.4 Å². The summed E-state index contributed by atoms with van der Waals surface area (Å²) in [5.74, 6) is -0.255. The van der Waals surface area contributed by atoms with Crippen molar-refractivity contribution < 1.29 is 14.7 Å². The van der Waals surface area contributed by atoms with Gasteiger partial charge in [-0.25, -0.2) is 0 Å². The van der Waals surface area contributed by atoms with Gasteiger partial charge in [0.15, 0.2) is 5.78 Å². The lowest BCUT2D eigenvalue weighted by molar-refractivity contribution is 0.0941. The number of aryl methyl sites for hydroxylation is 1. The number of rotatable bonds is 6. The fourth-order valence-electron chi connectivity index (χ4n) is 1.67. The van der Waals surface area contributed by atoms with Crippen molar-refractivity contribution in [2.45, 2.75) is 32.8 Å². The number of nitrogens with zero attached hydrogens (tertiary/aromatic N) is 1. The lowest BCUT2D eigenvalue weighted by Crippen LogP contribution is -2.26. The van der Waals surface area contributed by atoms with Crippen LogP contribution in [0.2, 0.25) is 0 Å². The zero-order chi connectivity index (χ0) is 13.7. The Hall–Kier alpha value is -1.62. The highest BCUT2D eigenvalue weighted by molar-refractivity contribution is 5.99. The quantitative estimate of drug-likeness (QED) is 0.588. The van der Waals surface area contributed by atoms with Gasteiger partial charge in [-0.3, -0.25) is 9.59 Å². The molecule has 0 saturated heterocycles. The van der Waals surface area contributed by atoms with Crippen LogP contribution in [-0.2, 0) is 7.05 Å². The molecule has 18 heavy (non-hydrogen) atoms. The van der Waals surface area contributed by atoms with Gasteiger partial charge in [0.25, 0.3) is 5.91 Å². The van der Waals surface area contributed by atoms with Crippen LogP contribution in [0.1, 0.15) is 47.5 Å². The van der Waals surface area contributed by atoms with Gasteiger partial charge >= 0.3 is 0 Å². The standard InChI is InChI=1S/C13H20N2O3/c1-9(16)5-4-6-14-13(18)12-7-11(10(2)17)8-15(12)3/h7-9,16H,4-6H2,1-3H3,(H,14,18). The van der Waals surface area contributed by atoms with Crippen LogP contribution < -0.4 is 5.32 Å². The van der Waals surface area contributed by atoms with E-state index in [4.69, 9.17) is 5.11 Å². The Balaban J connectivity index is 2.54. The van der Waals surface area contributed by atoms with E-state index in [1.54, 1.807) is 30.8 Å². The van der Waals surface area contributed by atoms with Crippen LogP contribution in [0.3, 0.4) is 0 Å². The number of hydrogen-bond donors (Lipinski definition) is 2. The minimum atomic E-state index is -0.346. The Labute approximate surface area is 107 Å². The molecule has 0 aromatic carbocycles. The number of ketones is 1. The number of Topliss-reactive ketones (excluding diaryl/α,β-unsaturated/α-hetero) is 1. The Morgan fingerprint density at radius 2 is 2.17 bits per heavy atom. The number of carbonyl (C=O) groups is 2. The summed E-state index contributed by atoms with van der Waals surface area (Å²) in [5, 5.41) is 11.9. The van der Waals surface area contributed by atoms with Gasteiger partial charge in [0.2, 0.25) is 0 Å². The maximum absolute atomic E-state index is 11.8. The zero-order valence-corrected chi connectivity index (χ0v) is 11.1. The molecule has 1 aromatic heterocycles. The summed E-state index contributed by atoms with van der Waals surface area (Å²) in [6, 6.07) is 1.59. The highest BCUT2D eigenvalue weighted by atomic mass is 16.3. The van der Waals surface area contributed by atoms with Gasteiger partial charge < -0.3 is 15.0 Å². The molecule has 1 amide bonds. The Morgan fingerprint density at radius 1 is 1.50 bits per heavy atom. The molecule has 0 radical (unpaired) electrons. The first-order valence-electron chi connectivity index (χ1n) is 6.05. The van der Waals surface area contributed by atoms with E-state index < -0.39 is 0 Å². The molecule has 5 heteroatoms. The Morgan fingerprint density at radius 3 is 2.67 bits per heavy atom. The number of hydrogen-bond acceptors (Lipinski definition) is 3. The molecule has 5 nitrogen and oxygen atoms in total. The van der Waals surface area contributed by atoms with E-state index in [9.17, 15) is 9.59 Å². The SMILES string of the molecule is CC(=O)c1cc(C(=O)NCCCC(C)O)n(C)c1. The Bertz CT molecular complexity index is 435. The van der Waals surface area contributed by atoms with Gasteiger partial charge in [-0.1, -0.05) is 0 Å². The molecule has 1 heterocycles. The van der Waals surface area contributed by atoms with Crippen LogP contribution >= 0.6 is 0 Å². The minimum absolute atomic E-state index is 0.0567. The molecule has 2 N–H and O–H groups in total.